The molecule has 19 heavy (non-hydrogen) atoms. The van der Waals surface area contributed by atoms with Gasteiger partial charge in [0.25, 0.3) is 5.91 Å². The summed E-state index contributed by atoms with van der Waals surface area (Å²) in [6.07, 6.45) is 3.87. The van der Waals surface area contributed by atoms with Gasteiger partial charge >= 0.3 is 0 Å². The molecule has 2 rings (SSSR count). The van der Waals surface area contributed by atoms with Gasteiger partial charge in [-0.15, -0.1) is 0 Å². The van der Waals surface area contributed by atoms with Crippen LogP contribution < -0.4 is 5.32 Å². The van der Waals surface area contributed by atoms with E-state index in [1.54, 1.807) is 12.3 Å². The molecule has 1 saturated heterocycles. The molecule has 1 aromatic heterocycles. The van der Waals surface area contributed by atoms with E-state index < -0.39 is 0 Å². The van der Waals surface area contributed by atoms with Crippen molar-refractivity contribution in [2.24, 2.45) is 5.41 Å². The predicted molar refractivity (Wildman–Crippen MR) is 79.1 cm³/mol. The van der Waals surface area contributed by atoms with Crippen LogP contribution in [0.25, 0.3) is 0 Å². The molecule has 0 unspecified atom stereocenters. The minimum Gasteiger partial charge on any atom is -0.350 e. The molecule has 2 heterocycles. The molecule has 104 valence electrons. The first-order valence-electron chi connectivity index (χ1n) is 6.57. The van der Waals surface area contributed by atoms with Crippen LogP contribution in [0.1, 0.15) is 30.3 Å². The Bertz CT molecular complexity index is 456. The van der Waals surface area contributed by atoms with E-state index in [0.29, 0.717) is 12.2 Å². The number of pyridine rings is 1. The first-order chi connectivity index (χ1) is 9.00. The summed E-state index contributed by atoms with van der Waals surface area (Å²) in [5, 5.41) is 3.01. The molecule has 5 heteroatoms. The summed E-state index contributed by atoms with van der Waals surface area (Å²) in [5.74, 6) is -0.104. The van der Waals surface area contributed by atoms with Gasteiger partial charge in [0.05, 0.1) is 0 Å². The number of rotatable bonds is 3. The second-order valence-electron chi connectivity index (χ2n) is 5.63. The zero-order valence-electron chi connectivity index (χ0n) is 11.4. The zero-order valence-corrected chi connectivity index (χ0v) is 13.0. The maximum absolute atomic E-state index is 12.1. The molecule has 0 bridgehead atoms. The Morgan fingerprint density at radius 1 is 1.53 bits per heavy atom. The number of nitrogens with zero attached hydrogens (tertiary/aromatic N) is 2. The molecular weight excluding hydrogens is 306 g/mol. The minimum absolute atomic E-state index is 0.104. The van der Waals surface area contributed by atoms with Gasteiger partial charge in [0.2, 0.25) is 0 Å². The lowest BCUT2D eigenvalue weighted by Gasteiger charge is -2.37. The Kier molecular flexibility index (Phi) is 4.58. The smallest absolute Gasteiger partial charge is 0.271 e. The Labute approximate surface area is 122 Å². The summed E-state index contributed by atoms with van der Waals surface area (Å²) in [6, 6.07) is 3.64. The summed E-state index contributed by atoms with van der Waals surface area (Å²) in [5.41, 5.74) is 0.655. The van der Waals surface area contributed by atoms with E-state index >= 15 is 0 Å². The van der Waals surface area contributed by atoms with Gasteiger partial charge in [0, 0.05) is 17.2 Å². The van der Waals surface area contributed by atoms with E-state index in [9.17, 15) is 4.79 Å². The van der Waals surface area contributed by atoms with Gasteiger partial charge in [-0.25, -0.2) is 4.98 Å². The molecule has 1 fully saturated rings. The third-order valence-electron chi connectivity index (χ3n) is 3.84. The van der Waals surface area contributed by atoms with Crippen LogP contribution in [0.2, 0.25) is 0 Å². The molecule has 1 aromatic rings. The number of halogens is 1. The first kappa shape index (κ1) is 14.5. The number of piperidine rings is 1. The normalized spacial score (nSPS) is 19.1. The second kappa shape index (κ2) is 6.01. The van der Waals surface area contributed by atoms with Gasteiger partial charge in [-0.05, 0) is 66.5 Å². The molecule has 0 spiro atoms. The van der Waals surface area contributed by atoms with Gasteiger partial charge in [-0.3, -0.25) is 4.79 Å². The Morgan fingerprint density at radius 3 is 2.84 bits per heavy atom. The van der Waals surface area contributed by atoms with Crippen molar-refractivity contribution in [1.29, 1.82) is 0 Å². The van der Waals surface area contributed by atoms with Crippen molar-refractivity contribution in [1.82, 2.24) is 15.2 Å². The molecule has 0 aromatic carbocycles. The van der Waals surface area contributed by atoms with Crippen LogP contribution in [-0.4, -0.2) is 42.5 Å². The molecular formula is C14H20BrN3O. The average molecular weight is 326 g/mol. The van der Waals surface area contributed by atoms with Gasteiger partial charge in [-0.1, -0.05) is 6.92 Å². The standard InChI is InChI=1S/C14H20BrN3O/c1-14(5-8-18(2)9-6-14)10-17-13(19)12-11(15)4-3-7-16-12/h3-4,7H,5-6,8-10H2,1-2H3,(H,17,19). The van der Waals surface area contributed by atoms with Crippen LogP contribution in [0.4, 0.5) is 0 Å². The Balaban J connectivity index is 1.92. The summed E-state index contributed by atoms with van der Waals surface area (Å²) < 4.78 is 0.737. The summed E-state index contributed by atoms with van der Waals surface area (Å²) in [4.78, 5) is 18.5. The molecule has 0 atom stereocenters. The average Bonchev–Trinajstić information content (AvgIpc) is 2.41. The molecule has 1 amide bonds. The maximum Gasteiger partial charge on any atom is 0.271 e. The summed E-state index contributed by atoms with van der Waals surface area (Å²) >= 11 is 3.35. The quantitative estimate of drug-likeness (QED) is 0.927. The van der Waals surface area contributed by atoms with Crippen LogP contribution in [0.15, 0.2) is 22.8 Å². The van der Waals surface area contributed by atoms with Crippen LogP contribution in [0, 0.1) is 5.41 Å². The van der Waals surface area contributed by atoms with E-state index in [1.807, 2.05) is 6.07 Å². The van der Waals surface area contributed by atoms with Crippen molar-refractivity contribution in [3.05, 3.63) is 28.5 Å². The molecule has 1 aliphatic rings. The fourth-order valence-electron chi connectivity index (χ4n) is 2.27. The highest BCUT2D eigenvalue weighted by Gasteiger charge is 2.29. The number of likely N-dealkylation sites (tertiary alicyclic amines) is 1. The number of aromatic nitrogens is 1. The number of nitrogens with one attached hydrogen (secondary N) is 1. The molecule has 1 aliphatic heterocycles. The SMILES string of the molecule is CN1CCC(C)(CNC(=O)c2ncccc2Br)CC1. The molecule has 1 N–H and O–H groups in total. The topological polar surface area (TPSA) is 45.2 Å². The summed E-state index contributed by atoms with van der Waals surface area (Å²) in [6.45, 7) is 5.15. The van der Waals surface area contributed by atoms with Crippen LogP contribution in [0.5, 0.6) is 0 Å². The fraction of sp³-hybridized carbons (Fsp3) is 0.571. The van der Waals surface area contributed by atoms with E-state index in [0.717, 1.165) is 30.4 Å². The molecule has 0 radical (unpaired) electrons. The van der Waals surface area contributed by atoms with Crippen molar-refractivity contribution < 1.29 is 4.79 Å². The predicted octanol–water partition coefficient (Wildman–Crippen LogP) is 2.31. The third kappa shape index (κ3) is 3.76. The highest BCUT2D eigenvalue weighted by Crippen LogP contribution is 2.29. The lowest BCUT2D eigenvalue weighted by molar-refractivity contribution is 0.0886. The largest absolute Gasteiger partial charge is 0.350 e. The number of hydrogen-bond acceptors (Lipinski definition) is 3. The first-order valence-corrected chi connectivity index (χ1v) is 7.37. The third-order valence-corrected chi connectivity index (χ3v) is 4.48. The lowest BCUT2D eigenvalue weighted by atomic mass is 9.80. The van der Waals surface area contributed by atoms with Crippen molar-refractivity contribution in [3.8, 4) is 0 Å². The van der Waals surface area contributed by atoms with Gasteiger partial charge in [-0.2, -0.15) is 0 Å². The van der Waals surface area contributed by atoms with Crippen LogP contribution >= 0.6 is 15.9 Å². The van der Waals surface area contributed by atoms with Crippen molar-refractivity contribution >= 4 is 21.8 Å². The monoisotopic (exact) mass is 325 g/mol. The van der Waals surface area contributed by atoms with E-state index in [-0.39, 0.29) is 11.3 Å². The van der Waals surface area contributed by atoms with E-state index in [2.05, 4.69) is 45.1 Å². The summed E-state index contributed by atoms with van der Waals surface area (Å²) in [7, 11) is 2.14. The highest BCUT2D eigenvalue weighted by atomic mass is 79.9. The molecule has 0 saturated carbocycles. The van der Waals surface area contributed by atoms with Crippen LogP contribution in [-0.2, 0) is 0 Å². The van der Waals surface area contributed by atoms with Crippen LogP contribution in [0.3, 0.4) is 0 Å². The molecule has 0 aliphatic carbocycles. The Morgan fingerprint density at radius 2 is 2.21 bits per heavy atom. The minimum atomic E-state index is -0.104. The number of carbonyl (C=O) groups excluding carboxylic acids is 1. The lowest BCUT2D eigenvalue weighted by Crippen LogP contribution is -2.43. The van der Waals surface area contributed by atoms with Gasteiger partial charge in [0.1, 0.15) is 5.69 Å². The van der Waals surface area contributed by atoms with Crippen molar-refractivity contribution in [2.75, 3.05) is 26.7 Å². The number of amides is 1. The second-order valence-corrected chi connectivity index (χ2v) is 6.48. The van der Waals surface area contributed by atoms with Crippen molar-refractivity contribution in [2.45, 2.75) is 19.8 Å². The number of carbonyl (C=O) groups is 1. The van der Waals surface area contributed by atoms with Crippen molar-refractivity contribution in [3.63, 3.8) is 0 Å². The maximum atomic E-state index is 12.1. The van der Waals surface area contributed by atoms with E-state index in [4.69, 9.17) is 0 Å². The van der Waals surface area contributed by atoms with Gasteiger partial charge < -0.3 is 10.2 Å². The fourth-order valence-corrected chi connectivity index (χ4v) is 2.70. The Hall–Kier alpha value is -0.940. The molecule has 4 nitrogen and oxygen atoms in total. The van der Waals surface area contributed by atoms with E-state index in [1.165, 1.54) is 0 Å². The highest BCUT2D eigenvalue weighted by molar-refractivity contribution is 9.10. The van der Waals surface area contributed by atoms with Gasteiger partial charge in [0.15, 0.2) is 0 Å². The number of hydrogen-bond donors (Lipinski definition) is 1. The zero-order chi connectivity index (χ0) is 13.9.